The van der Waals surface area contributed by atoms with E-state index in [2.05, 4.69) is 16.9 Å². The van der Waals surface area contributed by atoms with E-state index in [1.807, 2.05) is 12.1 Å². The van der Waals surface area contributed by atoms with E-state index in [9.17, 15) is 5.11 Å². The average molecular weight is 253 g/mol. The molecule has 17 heavy (non-hydrogen) atoms. The summed E-state index contributed by atoms with van der Waals surface area (Å²) in [6.45, 7) is 0. The number of nitrogens with zero attached hydrogens (tertiary/aromatic N) is 2. The molecule has 92 valence electrons. The van der Waals surface area contributed by atoms with Crippen molar-refractivity contribution in [1.29, 1.82) is 0 Å². The Balaban J connectivity index is 1.90. The lowest BCUT2D eigenvalue weighted by Crippen LogP contribution is -2.47. The molecule has 0 aliphatic carbocycles. The first-order valence-corrected chi connectivity index (χ1v) is 6.53. The van der Waals surface area contributed by atoms with Crippen LogP contribution in [0.2, 0.25) is 5.02 Å². The minimum absolute atomic E-state index is 0.497. The second-order valence-electron chi connectivity index (χ2n) is 5.35. The number of hydrogen-bond donors (Lipinski definition) is 1. The predicted octanol–water partition coefficient (Wildman–Crippen LogP) is 2.18. The molecule has 0 saturated carbocycles. The summed E-state index contributed by atoms with van der Waals surface area (Å²) in [7, 11) is 2.16. The van der Waals surface area contributed by atoms with Crippen molar-refractivity contribution in [1.82, 2.24) is 9.88 Å². The van der Waals surface area contributed by atoms with Gasteiger partial charge in [0.25, 0.3) is 0 Å². The lowest BCUT2D eigenvalue weighted by molar-refractivity contribution is -0.0523. The van der Waals surface area contributed by atoms with Gasteiger partial charge in [0.2, 0.25) is 0 Å². The van der Waals surface area contributed by atoms with Crippen molar-refractivity contribution in [2.24, 2.45) is 0 Å². The highest BCUT2D eigenvalue weighted by atomic mass is 35.5. The van der Waals surface area contributed by atoms with Crippen LogP contribution in [-0.4, -0.2) is 34.1 Å². The average Bonchev–Trinajstić information content (AvgIpc) is 2.53. The largest absolute Gasteiger partial charge is 0.383 e. The summed E-state index contributed by atoms with van der Waals surface area (Å²) in [4.78, 5) is 6.70. The van der Waals surface area contributed by atoms with Gasteiger partial charge in [-0.05, 0) is 44.9 Å². The van der Waals surface area contributed by atoms with E-state index in [0.29, 0.717) is 17.1 Å². The molecule has 0 spiro atoms. The Morgan fingerprint density at radius 1 is 1.35 bits per heavy atom. The standard InChI is InChI=1S/C13H17ClN2O/c1-16-10-3-4-11(16)7-13(17,6-10)12-5-2-9(14)8-15-12/h2,5,8,10-11,17H,3-4,6-7H2,1H3/t10-,11-/m1/s1. The van der Waals surface area contributed by atoms with Crippen LogP contribution in [0.15, 0.2) is 18.3 Å². The van der Waals surface area contributed by atoms with Crippen LogP contribution in [0, 0.1) is 0 Å². The Bertz CT molecular complexity index is 406. The second kappa shape index (κ2) is 3.94. The molecule has 3 heterocycles. The highest BCUT2D eigenvalue weighted by Crippen LogP contribution is 2.44. The van der Waals surface area contributed by atoms with Crippen molar-refractivity contribution < 1.29 is 5.11 Å². The van der Waals surface area contributed by atoms with Gasteiger partial charge in [0, 0.05) is 18.3 Å². The van der Waals surface area contributed by atoms with Crippen LogP contribution < -0.4 is 0 Å². The molecule has 2 atom stereocenters. The molecule has 2 aliphatic rings. The van der Waals surface area contributed by atoms with Gasteiger partial charge in [-0.25, -0.2) is 0 Å². The Labute approximate surface area is 106 Å². The molecular weight excluding hydrogens is 236 g/mol. The maximum Gasteiger partial charge on any atom is 0.109 e. The van der Waals surface area contributed by atoms with Gasteiger partial charge in [-0.1, -0.05) is 11.6 Å². The molecule has 1 aromatic heterocycles. The molecule has 2 bridgehead atoms. The lowest BCUT2D eigenvalue weighted by Gasteiger charge is -2.41. The first kappa shape index (κ1) is 11.5. The first-order chi connectivity index (χ1) is 8.08. The molecule has 0 aromatic carbocycles. The lowest BCUT2D eigenvalue weighted by atomic mass is 9.83. The van der Waals surface area contributed by atoms with Crippen molar-refractivity contribution in [3.8, 4) is 0 Å². The molecule has 1 aromatic rings. The molecule has 2 fully saturated rings. The van der Waals surface area contributed by atoms with E-state index in [1.165, 1.54) is 12.8 Å². The van der Waals surface area contributed by atoms with E-state index in [4.69, 9.17) is 11.6 Å². The molecule has 0 unspecified atom stereocenters. The molecule has 3 nitrogen and oxygen atoms in total. The van der Waals surface area contributed by atoms with E-state index in [-0.39, 0.29) is 0 Å². The molecule has 0 amide bonds. The number of fused-ring (bicyclic) bond motifs is 2. The fourth-order valence-electron chi connectivity index (χ4n) is 3.31. The van der Waals surface area contributed by atoms with Crippen LogP contribution in [0.1, 0.15) is 31.4 Å². The molecule has 0 radical (unpaired) electrons. The number of pyridine rings is 1. The fourth-order valence-corrected chi connectivity index (χ4v) is 3.42. The summed E-state index contributed by atoms with van der Waals surface area (Å²) in [6, 6.07) is 4.65. The highest BCUT2D eigenvalue weighted by Gasteiger charge is 2.47. The van der Waals surface area contributed by atoms with Gasteiger partial charge in [0.05, 0.1) is 10.7 Å². The smallest absolute Gasteiger partial charge is 0.109 e. The van der Waals surface area contributed by atoms with Crippen LogP contribution >= 0.6 is 11.6 Å². The van der Waals surface area contributed by atoms with Gasteiger partial charge in [-0.3, -0.25) is 4.98 Å². The maximum absolute atomic E-state index is 10.8. The van der Waals surface area contributed by atoms with E-state index in [1.54, 1.807) is 6.20 Å². The Hall–Kier alpha value is -0.640. The zero-order chi connectivity index (χ0) is 12.0. The Morgan fingerprint density at radius 3 is 2.53 bits per heavy atom. The van der Waals surface area contributed by atoms with E-state index >= 15 is 0 Å². The molecular formula is C13H17ClN2O. The summed E-state index contributed by atoms with van der Waals surface area (Å²) in [5, 5.41) is 11.4. The van der Waals surface area contributed by atoms with Crippen LogP contribution in [0.4, 0.5) is 0 Å². The van der Waals surface area contributed by atoms with Crippen LogP contribution in [0.25, 0.3) is 0 Å². The van der Waals surface area contributed by atoms with Crippen LogP contribution in [0.5, 0.6) is 0 Å². The van der Waals surface area contributed by atoms with Gasteiger partial charge < -0.3 is 10.0 Å². The summed E-state index contributed by atoms with van der Waals surface area (Å²) in [5.74, 6) is 0. The summed E-state index contributed by atoms with van der Waals surface area (Å²) in [6.07, 6.45) is 5.58. The summed E-state index contributed by atoms with van der Waals surface area (Å²) < 4.78 is 0. The van der Waals surface area contributed by atoms with Gasteiger partial charge in [-0.2, -0.15) is 0 Å². The second-order valence-corrected chi connectivity index (χ2v) is 5.79. The third kappa shape index (κ3) is 1.86. The molecule has 2 saturated heterocycles. The molecule has 4 heteroatoms. The van der Waals surface area contributed by atoms with Gasteiger partial charge in [-0.15, -0.1) is 0 Å². The van der Waals surface area contributed by atoms with Crippen LogP contribution in [0.3, 0.4) is 0 Å². The van der Waals surface area contributed by atoms with E-state index < -0.39 is 5.60 Å². The van der Waals surface area contributed by atoms with Gasteiger partial charge in [0.1, 0.15) is 5.60 Å². The highest BCUT2D eigenvalue weighted by molar-refractivity contribution is 6.30. The predicted molar refractivity (Wildman–Crippen MR) is 67.0 cm³/mol. The van der Waals surface area contributed by atoms with E-state index in [0.717, 1.165) is 18.5 Å². The number of hydrogen-bond acceptors (Lipinski definition) is 3. The zero-order valence-corrected chi connectivity index (χ0v) is 10.7. The van der Waals surface area contributed by atoms with Gasteiger partial charge >= 0.3 is 0 Å². The Morgan fingerprint density at radius 2 is 2.00 bits per heavy atom. The number of halogens is 1. The van der Waals surface area contributed by atoms with Crippen molar-refractivity contribution in [2.45, 2.75) is 43.4 Å². The van der Waals surface area contributed by atoms with Crippen molar-refractivity contribution in [3.05, 3.63) is 29.0 Å². The minimum atomic E-state index is -0.761. The fraction of sp³-hybridized carbons (Fsp3) is 0.615. The van der Waals surface area contributed by atoms with Crippen molar-refractivity contribution in [3.63, 3.8) is 0 Å². The topological polar surface area (TPSA) is 36.4 Å². The number of aliphatic hydroxyl groups is 1. The molecule has 2 aliphatic heterocycles. The zero-order valence-electron chi connectivity index (χ0n) is 9.93. The van der Waals surface area contributed by atoms with Gasteiger partial charge in [0.15, 0.2) is 0 Å². The number of rotatable bonds is 1. The summed E-state index contributed by atoms with van der Waals surface area (Å²) >= 11 is 5.84. The SMILES string of the molecule is CN1[C@@H]2CC[C@@H]1CC(O)(c1ccc(Cl)cn1)C2. The normalized spacial score (nSPS) is 37.4. The first-order valence-electron chi connectivity index (χ1n) is 6.15. The molecule has 3 rings (SSSR count). The quantitative estimate of drug-likeness (QED) is 0.832. The third-order valence-corrected chi connectivity index (χ3v) is 4.56. The minimum Gasteiger partial charge on any atom is -0.383 e. The monoisotopic (exact) mass is 252 g/mol. The van der Waals surface area contributed by atoms with Crippen LogP contribution in [-0.2, 0) is 5.60 Å². The molecule has 1 N–H and O–H groups in total. The number of piperidine rings is 1. The van der Waals surface area contributed by atoms with Crippen molar-refractivity contribution >= 4 is 11.6 Å². The third-order valence-electron chi connectivity index (χ3n) is 4.34. The Kier molecular flexibility index (Phi) is 2.65. The van der Waals surface area contributed by atoms with Crippen molar-refractivity contribution in [2.75, 3.05) is 7.05 Å². The summed E-state index contributed by atoms with van der Waals surface area (Å²) in [5.41, 5.74) is 0.00930. The maximum atomic E-state index is 10.8. The number of aromatic nitrogens is 1.